The zero-order valence-corrected chi connectivity index (χ0v) is 7.81. The van der Waals surface area contributed by atoms with Gasteiger partial charge in [0.2, 0.25) is 5.91 Å². The van der Waals surface area contributed by atoms with Gasteiger partial charge >= 0.3 is 0 Å². The van der Waals surface area contributed by atoms with E-state index in [-0.39, 0.29) is 11.8 Å². The number of carbonyl (C=O) groups excluding carboxylic acids is 1. The van der Waals surface area contributed by atoms with Crippen LogP contribution in [0.25, 0.3) is 0 Å². The first-order chi connectivity index (χ1) is 5.79. The van der Waals surface area contributed by atoms with Crippen molar-refractivity contribution in [3.8, 4) is 0 Å². The molecule has 0 aliphatic heterocycles. The second-order valence-electron chi connectivity index (χ2n) is 3.98. The van der Waals surface area contributed by atoms with Crippen molar-refractivity contribution in [1.29, 1.82) is 0 Å². The van der Waals surface area contributed by atoms with Crippen LogP contribution in [-0.2, 0) is 4.79 Å². The van der Waals surface area contributed by atoms with Crippen molar-refractivity contribution < 1.29 is 4.79 Å². The maximum atomic E-state index is 11.0. The van der Waals surface area contributed by atoms with Crippen LogP contribution in [-0.4, -0.2) is 17.8 Å². The Balaban J connectivity index is 1.86. The van der Waals surface area contributed by atoms with E-state index in [4.69, 9.17) is 11.6 Å². The molecule has 0 aromatic carbocycles. The van der Waals surface area contributed by atoms with Gasteiger partial charge in [0, 0.05) is 6.04 Å². The highest BCUT2D eigenvalue weighted by molar-refractivity contribution is 6.27. The van der Waals surface area contributed by atoms with Crippen molar-refractivity contribution in [1.82, 2.24) is 5.32 Å². The van der Waals surface area contributed by atoms with E-state index < -0.39 is 0 Å². The number of fused-ring (bicyclic) bond motifs is 2. The molecule has 2 aliphatic rings. The van der Waals surface area contributed by atoms with Crippen molar-refractivity contribution in [2.75, 3.05) is 5.88 Å². The monoisotopic (exact) mass is 187 g/mol. The Morgan fingerprint density at radius 2 is 2.25 bits per heavy atom. The molecule has 2 fully saturated rings. The molecule has 12 heavy (non-hydrogen) atoms. The van der Waals surface area contributed by atoms with Crippen LogP contribution in [0.2, 0.25) is 0 Å². The first-order valence-electron chi connectivity index (χ1n) is 4.65. The van der Waals surface area contributed by atoms with Crippen LogP contribution in [0, 0.1) is 11.8 Å². The summed E-state index contributed by atoms with van der Waals surface area (Å²) in [4.78, 5) is 11.0. The van der Waals surface area contributed by atoms with Gasteiger partial charge in [0.15, 0.2) is 0 Å². The van der Waals surface area contributed by atoms with Crippen LogP contribution in [0.15, 0.2) is 0 Å². The first-order valence-corrected chi connectivity index (χ1v) is 5.18. The smallest absolute Gasteiger partial charge is 0.235 e. The summed E-state index contributed by atoms with van der Waals surface area (Å²) in [7, 11) is 0. The lowest BCUT2D eigenvalue weighted by atomic mass is 9.95. The number of halogens is 1. The number of carbonyl (C=O) groups is 1. The van der Waals surface area contributed by atoms with E-state index in [1.54, 1.807) is 0 Å². The molecule has 0 radical (unpaired) electrons. The second-order valence-corrected chi connectivity index (χ2v) is 4.25. The van der Waals surface area contributed by atoms with Crippen LogP contribution in [0.4, 0.5) is 0 Å². The number of amides is 1. The van der Waals surface area contributed by atoms with Crippen molar-refractivity contribution in [2.24, 2.45) is 11.8 Å². The van der Waals surface area contributed by atoms with Gasteiger partial charge in [0.05, 0.1) is 0 Å². The van der Waals surface area contributed by atoms with Crippen molar-refractivity contribution in [2.45, 2.75) is 31.7 Å². The van der Waals surface area contributed by atoms with Crippen molar-refractivity contribution in [3.63, 3.8) is 0 Å². The average Bonchev–Trinajstić information content (AvgIpc) is 2.64. The fraction of sp³-hybridized carbons (Fsp3) is 0.889. The van der Waals surface area contributed by atoms with Gasteiger partial charge in [-0.15, -0.1) is 11.6 Å². The lowest BCUT2D eigenvalue weighted by molar-refractivity contribution is -0.119. The Morgan fingerprint density at radius 3 is 2.75 bits per heavy atom. The molecular formula is C9H14ClNO. The van der Waals surface area contributed by atoms with Gasteiger partial charge < -0.3 is 5.32 Å². The maximum Gasteiger partial charge on any atom is 0.235 e. The summed E-state index contributed by atoms with van der Waals surface area (Å²) in [6, 6.07) is 0.440. The molecule has 0 aromatic heterocycles. The molecular weight excluding hydrogens is 174 g/mol. The summed E-state index contributed by atoms with van der Waals surface area (Å²) < 4.78 is 0. The Kier molecular flexibility index (Phi) is 2.26. The highest BCUT2D eigenvalue weighted by atomic mass is 35.5. The molecule has 1 amide bonds. The summed E-state index contributed by atoms with van der Waals surface area (Å²) in [6.07, 6.45) is 5.19. The third-order valence-electron chi connectivity index (χ3n) is 3.21. The summed E-state index contributed by atoms with van der Waals surface area (Å²) in [6.45, 7) is 0. The minimum Gasteiger partial charge on any atom is -0.352 e. The molecule has 0 spiro atoms. The zero-order valence-electron chi connectivity index (χ0n) is 7.05. The summed E-state index contributed by atoms with van der Waals surface area (Å²) in [5.41, 5.74) is 0. The largest absolute Gasteiger partial charge is 0.352 e. The lowest BCUT2D eigenvalue weighted by Crippen LogP contribution is -2.39. The van der Waals surface area contributed by atoms with E-state index in [0.717, 1.165) is 11.8 Å². The van der Waals surface area contributed by atoms with E-state index in [9.17, 15) is 4.79 Å². The van der Waals surface area contributed by atoms with E-state index in [2.05, 4.69) is 5.32 Å². The highest BCUT2D eigenvalue weighted by Gasteiger charge is 2.39. The maximum absolute atomic E-state index is 11.0. The highest BCUT2D eigenvalue weighted by Crippen LogP contribution is 2.44. The molecule has 68 valence electrons. The van der Waals surface area contributed by atoms with Crippen LogP contribution < -0.4 is 5.32 Å². The van der Waals surface area contributed by atoms with Crippen LogP contribution in [0.3, 0.4) is 0 Å². The summed E-state index contributed by atoms with van der Waals surface area (Å²) in [5.74, 6) is 1.74. The molecule has 0 heterocycles. The van der Waals surface area contributed by atoms with E-state index in [0.29, 0.717) is 6.04 Å². The predicted octanol–water partition coefficient (Wildman–Crippen LogP) is 1.53. The second kappa shape index (κ2) is 3.25. The Hall–Kier alpha value is -0.240. The van der Waals surface area contributed by atoms with E-state index >= 15 is 0 Å². The molecule has 0 unspecified atom stereocenters. The Morgan fingerprint density at radius 1 is 1.42 bits per heavy atom. The molecule has 2 rings (SSSR count). The molecule has 3 heteroatoms. The van der Waals surface area contributed by atoms with Gasteiger partial charge in [0.1, 0.15) is 5.88 Å². The Bertz CT molecular complexity index is 195. The van der Waals surface area contributed by atoms with Gasteiger partial charge in [-0.1, -0.05) is 6.42 Å². The number of alkyl halides is 1. The Labute approximate surface area is 77.7 Å². The quantitative estimate of drug-likeness (QED) is 0.653. The number of hydrogen-bond donors (Lipinski definition) is 1. The summed E-state index contributed by atoms with van der Waals surface area (Å²) in [5, 5.41) is 2.99. The topological polar surface area (TPSA) is 29.1 Å². The van der Waals surface area contributed by atoms with Crippen molar-refractivity contribution in [3.05, 3.63) is 0 Å². The van der Waals surface area contributed by atoms with Crippen molar-refractivity contribution >= 4 is 17.5 Å². The summed E-state index contributed by atoms with van der Waals surface area (Å²) >= 11 is 5.42. The standard InChI is InChI=1S/C9H14ClNO/c10-5-9(12)11-8-4-6-1-2-7(8)3-6/h6-8H,1-5H2,(H,11,12)/t6-,7+,8+/m0/s1. The molecule has 0 saturated heterocycles. The number of hydrogen-bond acceptors (Lipinski definition) is 1. The third-order valence-corrected chi connectivity index (χ3v) is 3.45. The normalized spacial score (nSPS) is 38.6. The SMILES string of the molecule is O=C(CCl)N[C@@H]1C[C@H]2CC[C@@H]1C2. The first kappa shape index (κ1) is 8.36. The zero-order chi connectivity index (χ0) is 8.55. The molecule has 2 bridgehead atoms. The lowest BCUT2D eigenvalue weighted by Gasteiger charge is -2.22. The van der Waals surface area contributed by atoms with Crippen LogP contribution >= 0.6 is 11.6 Å². The van der Waals surface area contributed by atoms with Crippen LogP contribution in [0.1, 0.15) is 25.7 Å². The number of nitrogens with one attached hydrogen (secondary N) is 1. The third kappa shape index (κ3) is 1.45. The van der Waals surface area contributed by atoms with Gasteiger partial charge in [-0.2, -0.15) is 0 Å². The fourth-order valence-electron chi connectivity index (χ4n) is 2.67. The molecule has 2 saturated carbocycles. The average molecular weight is 188 g/mol. The molecule has 2 aliphatic carbocycles. The van der Waals surface area contributed by atoms with Gasteiger partial charge in [0.25, 0.3) is 0 Å². The van der Waals surface area contributed by atoms with Crippen LogP contribution in [0.5, 0.6) is 0 Å². The van der Waals surface area contributed by atoms with E-state index in [1.165, 1.54) is 25.7 Å². The fourth-order valence-corrected chi connectivity index (χ4v) is 2.74. The van der Waals surface area contributed by atoms with Gasteiger partial charge in [-0.25, -0.2) is 0 Å². The van der Waals surface area contributed by atoms with Gasteiger partial charge in [-0.05, 0) is 31.1 Å². The van der Waals surface area contributed by atoms with Gasteiger partial charge in [-0.3, -0.25) is 4.79 Å². The molecule has 3 atom stereocenters. The van der Waals surface area contributed by atoms with E-state index in [1.807, 2.05) is 0 Å². The minimum absolute atomic E-state index is 0.00535. The minimum atomic E-state index is -0.00535. The molecule has 2 nitrogen and oxygen atoms in total. The molecule has 0 aromatic rings. The molecule has 1 N–H and O–H groups in total. The predicted molar refractivity (Wildman–Crippen MR) is 48.1 cm³/mol. The number of rotatable bonds is 2.